The summed E-state index contributed by atoms with van der Waals surface area (Å²) in [5.74, 6) is 1.26. The minimum absolute atomic E-state index is 0.0956. The van der Waals surface area contributed by atoms with Crippen LogP contribution in [-0.4, -0.2) is 18.1 Å². The zero-order valence-electron chi connectivity index (χ0n) is 12.6. The second-order valence-corrected chi connectivity index (χ2v) is 6.18. The lowest BCUT2D eigenvalue weighted by Crippen LogP contribution is -2.39. The van der Waals surface area contributed by atoms with E-state index in [0.717, 1.165) is 41.0 Å². The lowest BCUT2D eigenvalue weighted by molar-refractivity contribution is 0.223. The predicted octanol–water partition coefficient (Wildman–Crippen LogP) is 3.38. The SMILES string of the molecule is CC1Oc2cc([N+]3([O-])CCCC3)ccc2-c2cnc(N)cc21. The zero-order valence-corrected chi connectivity index (χ0v) is 12.6. The van der Waals surface area contributed by atoms with Gasteiger partial charge in [-0.1, -0.05) is 0 Å². The van der Waals surface area contributed by atoms with Crippen molar-refractivity contribution in [3.05, 3.63) is 41.2 Å². The Morgan fingerprint density at radius 2 is 2.00 bits per heavy atom. The van der Waals surface area contributed by atoms with Crippen LogP contribution in [0.5, 0.6) is 5.75 Å². The van der Waals surface area contributed by atoms with E-state index in [1.54, 1.807) is 6.20 Å². The highest BCUT2D eigenvalue weighted by atomic mass is 16.5. The van der Waals surface area contributed by atoms with E-state index < -0.39 is 0 Å². The summed E-state index contributed by atoms with van der Waals surface area (Å²) in [6, 6.07) is 7.67. The highest BCUT2D eigenvalue weighted by molar-refractivity contribution is 5.78. The van der Waals surface area contributed by atoms with Gasteiger partial charge < -0.3 is 20.3 Å². The number of fused-ring (bicyclic) bond motifs is 3. The number of nitrogens with zero attached hydrogens (tertiary/aromatic N) is 2. The van der Waals surface area contributed by atoms with Crippen molar-refractivity contribution in [1.29, 1.82) is 0 Å². The van der Waals surface area contributed by atoms with Crippen molar-refractivity contribution in [3.8, 4) is 16.9 Å². The molecule has 0 radical (unpaired) electrons. The van der Waals surface area contributed by atoms with Crippen LogP contribution in [0.3, 0.4) is 0 Å². The molecule has 1 fully saturated rings. The standard InChI is InChI=1S/C17H19N3O2/c1-11-14-9-17(18)19-10-15(14)13-5-4-12(8-16(13)22-11)20(21)6-2-3-7-20/h4-5,8-11H,2-3,6-7H2,1H3,(H2,18,19). The molecule has 5 nitrogen and oxygen atoms in total. The average molecular weight is 297 g/mol. The number of aromatic nitrogens is 1. The summed E-state index contributed by atoms with van der Waals surface area (Å²) in [6.45, 7) is 3.30. The summed E-state index contributed by atoms with van der Waals surface area (Å²) in [5, 5.41) is 12.8. The molecule has 2 aliphatic rings. The largest absolute Gasteiger partial charge is 0.627 e. The Morgan fingerprint density at radius 3 is 2.77 bits per heavy atom. The molecule has 3 heterocycles. The number of hydrogen-bond acceptors (Lipinski definition) is 4. The van der Waals surface area contributed by atoms with Crippen LogP contribution in [0.1, 0.15) is 31.4 Å². The Morgan fingerprint density at radius 1 is 1.23 bits per heavy atom. The quantitative estimate of drug-likeness (QED) is 0.647. The molecule has 114 valence electrons. The molecule has 1 aromatic heterocycles. The number of benzene rings is 1. The van der Waals surface area contributed by atoms with Gasteiger partial charge in [0, 0.05) is 47.9 Å². The monoisotopic (exact) mass is 297 g/mol. The lowest BCUT2D eigenvalue weighted by atomic mass is 9.94. The topological polar surface area (TPSA) is 71.2 Å². The van der Waals surface area contributed by atoms with Gasteiger partial charge in [0.05, 0.1) is 13.1 Å². The highest BCUT2D eigenvalue weighted by Gasteiger charge is 2.29. The first kappa shape index (κ1) is 13.5. The van der Waals surface area contributed by atoms with Crippen molar-refractivity contribution < 1.29 is 4.74 Å². The molecule has 0 saturated carbocycles. The number of hydrogen-bond donors (Lipinski definition) is 1. The van der Waals surface area contributed by atoms with Gasteiger partial charge >= 0.3 is 0 Å². The average Bonchev–Trinajstić information content (AvgIpc) is 2.95. The Bertz CT molecular complexity index is 739. The van der Waals surface area contributed by atoms with Gasteiger partial charge in [0.15, 0.2) is 0 Å². The normalized spacial score (nSPS) is 21.8. The van der Waals surface area contributed by atoms with Crippen molar-refractivity contribution in [2.24, 2.45) is 0 Å². The van der Waals surface area contributed by atoms with E-state index in [9.17, 15) is 5.21 Å². The molecular formula is C17H19N3O2. The van der Waals surface area contributed by atoms with Crippen LogP contribution in [0.25, 0.3) is 11.1 Å². The molecule has 2 aromatic rings. The summed E-state index contributed by atoms with van der Waals surface area (Å²) in [7, 11) is 0. The Hall–Kier alpha value is -2.11. The van der Waals surface area contributed by atoms with Crippen molar-refractivity contribution in [2.45, 2.75) is 25.9 Å². The Balaban J connectivity index is 1.82. The molecule has 1 atom stereocenters. The maximum Gasteiger partial charge on any atom is 0.136 e. The molecule has 1 aromatic carbocycles. The second-order valence-electron chi connectivity index (χ2n) is 6.18. The van der Waals surface area contributed by atoms with Crippen LogP contribution in [0.4, 0.5) is 11.5 Å². The molecule has 0 bridgehead atoms. The Labute approximate surface area is 129 Å². The van der Waals surface area contributed by atoms with E-state index >= 15 is 0 Å². The molecular weight excluding hydrogens is 278 g/mol. The fourth-order valence-corrected chi connectivity index (χ4v) is 3.49. The number of hydroxylamine groups is 2. The van der Waals surface area contributed by atoms with Crippen molar-refractivity contribution >= 4 is 11.5 Å². The molecule has 1 unspecified atom stereocenters. The van der Waals surface area contributed by atoms with Crippen LogP contribution in [0.15, 0.2) is 30.5 Å². The van der Waals surface area contributed by atoms with Crippen LogP contribution in [0.2, 0.25) is 0 Å². The van der Waals surface area contributed by atoms with Crippen molar-refractivity contribution in [1.82, 2.24) is 9.63 Å². The molecule has 2 N–H and O–H groups in total. The van der Waals surface area contributed by atoms with Crippen molar-refractivity contribution in [3.63, 3.8) is 0 Å². The number of nitrogen functional groups attached to an aromatic ring is 1. The van der Waals surface area contributed by atoms with E-state index in [-0.39, 0.29) is 10.8 Å². The number of anilines is 1. The number of ether oxygens (including phenoxy) is 1. The van der Waals surface area contributed by atoms with Gasteiger partial charge in [-0.3, -0.25) is 0 Å². The van der Waals surface area contributed by atoms with Gasteiger partial charge in [-0.2, -0.15) is 0 Å². The second kappa shape index (κ2) is 4.69. The fraction of sp³-hybridized carbons (Fsp3) is 0.353. The third kappa shape index (κ3) is 1.97. The van der Waals surface area contributed by atoms with E-state index in [0.29, 0.717) is 18.9 Å². The minimum atomic E-state index is -0.238. The summed E-state index contributed by atoms with van der Waals surface area (Å²) < 4.78 is 5.79. The molecule has 5 heteroatoms. The minimum Gasteiger partial charge on any atom is -0.627 e. The van der Waals surface area contributed by atoms with Crippen LogP contribution >= 0.6 is 0 Å². The first-order valence-corrected chi connectivity index (χ1v) is 7.72. The van der Waals surface area contributed by atoms with Gasteiger partial charge in [0.1, 0.15) is 23.4 Å². The highest BCUT2D eigenvalue weighted by Crippen LogP contribution is 2.45. The van der Waals surface area contributed by atoms with E-state index in [1.165, 1.54) is 0 Å². The molecule has 2 aliphatic heterocycles. The summed E-state index contributed by atoms with van der Waals surface area (Å²) in [6.07, 6.45) is 3.68. The van der Waals surface area contributed by atoms with E-state index in [1.807, 2.05) is 31.2 Å². The molecule has 1 saturated heterocycles. The first-order valence-electron chi connectivity index (χ1n) is 7.72. The number of pyridine rings is 1. The molecule has 4 rings (SSSR count). The van der Waals surface area contributed by atoms with E-state index in [4.69, 9.17) is 10.5 Å². The Kier molecular flexibility index (Phi) is 2.89. The fourth-order valence-electron chi connectivity index (χ4n) is 3.49. The molecule has 22 heavy (non-hydrogen) atoms. The summed E-state index contributed by atoms with van der Waals surface area (Å²) >= 11 is 0. The third-order valence-electron chi connectivity index (χ3n) is 4.71. The molecule has 0 spiro atoms. The van der Waals surface area contributed by atoms with Crippen molar-refractivity contribution in [2.75, 3.05) is 18.8 Å². The zero-order chi connectivity index (χ0) is 15.3. The lowest BCUT2D eigenvalue weighted by Gasteiger charge is -2.38. The van der Waals surface area contributed by atoms with Crippen LogP contribution in [0, 0.1) is 5.21 Å². The number of rotatable bonds is 1. The maximum absolute atomic E-state index is 12.8. The predicted molar refractivity (Wildman–Crippen MR) is 87.3 cm³/mol. The maximum atomic E-state index is 12.8. The molecule has 0 aliphatic carbocycles. The third-order valence-corrected chi connectivity index (χ3v) is 4.71. The first-order chi connectivity index (χ1) is 10.6. The van der Waals surface area contributed by atoms with Gasteiger partial charge in [0.25, 0.3) is 0 Å². The number of quaternary nitrogens is 1. The molecule has 0 amide bonds. The van der Waals surface area contributed by atoms with Crippen LogP contribution in [-0.2, 0) is 0 Å². The number of nitrogens with two attached hydrogens (primary N) is 1. The smallest absolute Gasteiger partial charge is 0.136 e. The van der Waals surface area contributed by atoms with Gasteiger partial charge in [-0.25, -0.2) is 4.98 Å². The summed E-state index contributed by atoms with van der Waals surface area (Å²) in [5.41, 5.74) is 9.62. The summed E-state index contributed by atoms with van der Waals surface area (Å²) in [4.78, 5) is 4.20. The van der Waals surface area contributed by atoms with Gasteiger partial charge in [-0.15, -0.1) is 0 Å². The van der Waals surface area contributed by atoms with Gasteiger partial charge in [-0.05, 0) is 19.1 Å². The van der Waals surface area contributed by atoms with Gasteiger partial charge in [0.2, 0.25) is 0 Å². The van der Waals surface area contributed by atoms with Crippen LogP contribution < -0.4 is 15.1 Å². The van der Waals surface area contributed by atoms with E-state index in [2.05, 4.69) is 4.98 Å².